The molecule has 4 heteroatoms. The van der Waals surface area contributed by atoms with E-state index in [9.17, 15) is 0 Å². The maximum atomic E-state index is 5.53. The molecule has 0 amide bonds. The van der Waals surface area contributed by atoms with Crippen LogP contribution in [0.25, 0.3) is 0 Å². The van der Waals surface area contributed by atoms with Crippen LogP contribution in [-0.2, 0) is 15.7 Å². The van der Waals surface area contributed by atoms with Crippen LogP contribution in [0.15, 0.2) is 18.2 Å². The Balaban J connectivity index is 2.32. The van der Waals surface area contributed by atoms with Crippen LogP contribution in [-0.4, -0.2) is 7.11 Å². The number of fused-ring (bicyclic) bond motifs is 1. The highest BCUT2D eigenvalue weighted by molar-refractivity contribution is 7.42. The average Bonchev–Trinajstić information content (AvgIpc) is 2.18. The second-order valence-corrected chi connectivity index (χ2v) is 4.09. The predicted octanol–water partition coefficient (Wildman–Crippen LogP) is 2.78. The topological polar surface area (TPSA) is 27.7 Å². The van der Waals surface area contributed by atoms with Crippen LogP contribution in [0.3, 0.4) is 0 Å². The molecule has 0 spiro atoms. The van der Waals surface area contributed by atoms with Crippen molar-refractivity contribution in [1.82, 2.24) is 0 Å². The number of hydrogen-bond donors (Lipinski definition) is 0. The predicted molar refractivity (Wildman–Crippen MR) is 50.5 cm³/mol. The molecule has 1 aromatic rings. The van der Waals surface area contributed by atoms with Gasteiger partial charge in [0.05, 0.1) is 6.61 Å². The zero-order valence-corrected chi connectivity index (χ0v) is 8.51. The molecular weight excluding hydrogens is 187 g/mol. The van der Waals surface area contributed by atoms with Gasteiger partial charge in [-0.2, -0.15) is 0 Å². The molecule has 0 aliphatic carbocycles. The van der Waals surface area contributed by atoms with E-state index < -0.39 is 8.60 Å². The lowest BCUT2D eigenvalue weighted by molar-refractivity contribution is 0.206. The van der Waals surface area contributed by atoms with E-state index in [1.54, 1.807) is 7.11 Å². The minimum Gasteiger partial charge on any atom is -0.426 e. The molecule has 0 N–H and O–H groups in total. The first-order valence-electron chi connectivity index (χ1n) is 4.05. The van der Waals surface area contributed by atoms with E-state index in [-0.39, 0.29) is 0 Å². The van der Waals surface area contributed by atoms with Gasteiger partial charge in [-0.1, -0.05) is 18.2 Å². The molecule has 0 saturated carbocycles. The zero-order chi connectivity index (χ0) is 9.26. The Morgan fingerprint density at radius 2 is 2.31 bits per heavy atom. The quantitative estimate of drug-likeness (QED) is 0.649. The van der Waals surface area contributed by atoms with Crippen LogP contribution in [0, 0.1) is 6.92 Å². The maximum Gasteiger partial charge on any atom is 0.397 e. The van der Waals surface area contributed by atoms with Crippen molar-refractivity contribution >= 4 is 8.60 Å². The average molecular weight is 198 g/mol. The molecule has 1 heterocycles. The van der Waals surface area contributed by atoms with E-state index >= 15 is 0 Å². The molecule has 1 atom stereocenters. The first-order valence-corrected chi connectivity index (χ1v) is 5.14. The van der Waals surface area contributed by atoms with Crippen molar-refractivity contribution in [2.45, 2.75) is 13.5 Å². The van der Waals surface area contributed by atoms with Crippen LogP contribution < -0.4 is 4.52 Å². The maximum absolute atomic E-state index is 5.53. The van der Waals surface area contributed by atoms with Gasteiger partial charge in [0.25, 0.3) is 0 Å². The Labute approximate surface area is 78.6 Å². The summed E-state index contributed by atoms with van der Waals surface area (Å²) < 4.78 is 15.9. The normalized spacial score (nSPS) is 20.6. The Hall–Kier alpha value is -0.630. The third kappa shape index (κ3) is 1.68. The lowest BCUT2D eigenvalue weighted by Crippen LogP contribution is -2.05. The highest BCUT2D eigenvalue weighted by atomic mass is 31.2. The summed E-state index contributed by atoms with van der Waals surface area (Å²) in [5.74, 6) is 0.918. The number of hydrogen-bond acceptors (Lipinski definition) is 3. The fraction of sp³-hybridized carbons (Fsp3) is 0.333. The second kappa shape index (κ2) is 3.62. The van der Waals surface area contributed by atoms with Gasteiger partial charge in [0.2, 0.25) is 0 Å². The third-order valence-corrected chi connectivity index (χ3v) is 2.90. The van der Waals surface area contributed by atoms with Gasteiger partial charge in [0, 0.05) is 12.7 Å². The smallest absolute Gasteiger partial charge is 0.397 e. The van der Waals surface area contributed by atoms with Gasteiger partial charge < -0.3 is 9.05 Å². The van der Waals surface area contributed by atoms with Gasteiger partial charge in [-0.15, -0.1) is 0 Å². The second-order valence-electron chi connectivity index (χ2n) is 2.83. The zero-order valence-electron chi connectivity index (χ0n) is 7.61. The molecule has 0 aromatic heterocycles. The number of rotatable bonds is 1. The van der Waals surface area contributed by atoms with Gasteiger partial charge in [-0.3, -0.25) is 4.52 Å². The van der Waals surface area contributed by atoms with Crippen molar-refractivity contribution < 1.29 is 13.6 Å². The van der Waals surface area contributed by atoms with Gasteiger partial charge in [-0.05, 0) is 12.5 Å². The van der Waals surface area contributed by atoms with E-state index in [0.29, 0.717) is 6.61 Å². The van der Waals surface area contributed by atoms with Crippen molar-refractivity contribution in [3.8, 4) is 5.75 Å². The first-order chi connectivity index (χ1) is 6.31. The van der Waals surface area contributed by atoms with Crippen LogP contribution >= 0.6 is 8.60 Å². The molecule has 70 valence electrons. The monoisotopic (exact) mass is 198 g/mol. The summed E-state index contributed by atoms with van der Waals surface area (Å²) in [5.41, 5.74) is 2.22. The molecule has 1 aliphatic heterocycles. The third-order valence-electron chi connectivity index (χ3n) is 1.93. The van der Waals surface area contributed by atoms with E-state index in [1.165, 1.54) is 0 Å². The first kappa shape index (κ1) is 8.95. The van der Waals surface area contributed by atoms with Crippen molar-refractivity contribution in [2.24, 2.45) is 0 Å². The van der Waals surface area contributed by atoms with Gasteiger partial charge in [-0.25, -0.2) is 0 Å². The SMILES string of the molecule is COP1OCc2cccc(C)c2O1. The van der Waals surface area contributed by atoms with E-state index in [0.717, 1.165) is 16.9 Å². The van der Waals surface area contributed by atoms with Gasteiger partial charge >= 0.3 is 8.60 Å². The molecule has 2 rings (SSSR count). The Morgan fingerprint density at radius 3 is 3.08 bits per heavy atom. The largest absolute Gasteiger partial charge is 0.426 e. The summed E-state index contributed by atoms with van der Waals surface area (Å²) in [6.07, 6.45) is 0. The van der Waals surface area contributed by atoms with Crippen molar-refractivity contribution in [3.63, 3.8) is 0 Å². The molecule has 13 heavy (non-hydrogen) atoms. The molecule has 1 aliphatic rings. The van der Waals surface area contributed by atoms with Crippen LogP contribution in [0.5, 0.6) is 5.75 Å². The molecule has 1 unspecified atom stereocenters. The fourth-order valence-electron chi connectivity index (χ4n) is 1.27. The van der Waals surface area contributed by atoms with E-state index in [1.807, 2.05) is 25.1 Å². The highest BCUT2D eigenvalue weighted by Crippen LogP contribution is 2.47. The van der Waals surface area contributed by atoms with Crippen molar-refractivity contribution in [1.29, 1.82) is 0 Å². The molecule has 0 bridgehead atoms. The fourth-order valence-corrected chi connectivity index (χ4v) is 2.16. The summed E-state index contributed by atoms with van der Waals surface area (Å²) in [5, 5.41) is 0. The molecule has 0 radical (unpaired) electrons. The van der Waals surface area contributed by atoms with Crippen molar-refractivity contribution in [3.05, 3.63) is 29.3 Å². The lowest BCUT2D eigenvalue weighted by atomic mass is 10.1. The Bertz CT molecular complexity index is 314. The standard InChI is InChI=1S/C9H11O3P/c1-7-4-3-5-8-6-11-13(10-2)12-9(7)8/h3-5H,6H2,1-2H3. The molecular formula is C9H11O3P. The van der Waals surface area contributed by atoms with Crippen LogP contribution in [0.1, 0.15) is 11.1 Å². The lowest BCUT2D eigenvalue weighted by Gasteiger charge is -2.23. The minimum atomic E-state index is -1.17. The van der Waals surface area contributed by atoms with Gasteiger partial charge in [0.15, 0.2) is 0 Å². The summed E-state index contributed by atoms with van der Waals surface area (Å²) in [4.78, 5) is 0. The Kier molecular flexibility index (Phi) is 2.49. The molecule has 3 nitrogen and oxygen atoms in total. The summed E-state index contributed by atoms with van der Waals surface area (Å²) in [7, 11) is 0.420. The van der Waals surface area contributed by atoms with Crippen molar-refractivity contribution in [2.75, 3.05) is 7.11 Å². The summed E-state index contributed by atoms with van der Waals surface area (Å²) >= 11 is 0. The number of aryl methyl sites for hydroxylation is 1. The summed E-state index contributed by atoms with van der Waals surface area (Å²) in [6.45, 7) is 2.60. The minimum absolute atomic E-state index is 0.580. The molecule has 1 aromatic carbocycles. The van der Waals surface area contributed by atoms with Crippen LogP contribution in [0.4, 0.5) is 0 Å². The summed E-state index contributed by atoms with van der Waals surface area (Å²) in [6, 6.07) is 6.03. The number of para-hydroxylation sites is 1. The molecule has 0 fully saturated rings. The van der Waals surface area contributed by atoms with Crippen LogP contribution in [0.2, 0.25) is 0 Å². The Morgan fingerprint density at radius 1 is 1.46 bits per heavy atom. The highest BCUT2D eigenvalue weighted by Gasteiger charge is 2.22. The van der Waals surface area contributed by atoms with E-state index in [4.69, 9.17) is 13.6 Å². The van der Waals surface area contributed by atoms with E-state index in [2.05, 4.69) is 0 Å². The number of benzene rings is 1. The molecule has 0 saturated heterocycles. The van der Waals surface area contributed by atoms with Gasteiger partial charge in [0.1, 0.15) is 5.75 Å².